The Morgan fingerprint density at radius 2 is 1.60 bits per heavy atom. The van der Waals surface area contributed by atoms with Crippen LogP contribution in [0.5, 0.6) is 17.2 Å². The van der Waals surface area contributed by atoms with Gasteiger partial charge in [0.05, 0.1) is 17.9 Å². The van der Waals surface area contributed by atoms with Gasteiger partial charge in [0.15, 0.2) is 0 Å². The Bertz CT molecular complexity index is 1060. The summed E-state index contributed by atoms with van der Waals surface area (Å²) in [4.78, 5) is 23.3. The van der Waals surface area contributed by atoms with Crippen molar-refractivity contribution in [3.8, 4) is 17.2 Å². The quantitative estimate of drug-likeness (QED) is 0.537. The number of rotatable bonds is 3. The zero-order valence-corrected chi connectivity index (χ0v) is 14.7. The maximum atomic E-state index is 11.6. The van der Waals surface area contributed by atoms with Crippen LogP contribution < -0.4 is 19.6 Å². The summed E-state index contributed by atoms with van der Waals surface area (Å²) >= 11 is 0. The first-order valence-corrected chi connectivity index (χ1v) is 7.77. The minimum Gasteiger partial charge on any atom is -0.496 e. The van der Waals surface area contributed by atoms with Gasteiger partial charge in [-0.05, 0) is 32.1 Å². The molecule has 0 N–H and O–H groups in total. The number of ether oxygens (including phenoxy) is 3. The lowest BCUT2D eigenvalue weighted by molar-refractivity contribution is -0.132. The molecule has 2 aromatic carbocycles. The van der Waals surface area contributed by atoms with Crippen LogP contribution in [0.3, 0.4) is 0 Å². The summed E-state index contributed by atoms with van der Waals surface area (Å²) in [6.07, 6.45) is 1.79. The molecule has 0 saturated carbocycles. The molecule has 6 nitrogen and oxygen atoms in total. The minimum absolute atomic E-state index is 0.294. The summed E-state index contributed by atoms with van der Waals surface area (Å²) in [5, 5.41) is 1.94. The van der Waals surface area contributed by atoms with Crippen LogP contribution in [0.15, 0.2) is 16.5 Å². The normalized spacial score (nSPS) is 12.0. The molecule has 0 fully saturated rings. The number of benzene rings is 2. The Kier molecular flexibility index (Phi) is 4.12. The number of hydrogen-bond donors (Lipinski definition) is 0. The third kappa shape index (κ3) is 2.59. The van der Waals surface area contributed by atoms with E-state index in [1.807, 2.05) is 6.92 Å². The predicted molar refractivity (Wildman–Crippen MR) is 93.0 cm³/mol. The van der Waals surface area contributed by atoms with Crippen molar-refractivity contribution in [2.24, 2.45) is 0 Å². The fourth-order valence-corrected chi connectivity index (χ4v) is 3.04. The van der Waals surface area contributed by atoms with Crippen molar-refractivity contribution in [3.63, 3.8) is 0 Å². The molecule has 3 rings (SSSR count). The Morgan fingerprint density at radius 3 is 2.12 bits per heavy atom. The first kappa shape index (κ1) is 16.8. The Hall–Kier alpha value is -3.02. The van der Waals surface area contributed by atoms with Gasteiger partial charge in [-0.1, -0.05) is 0 Å². The van der Waals surface area contributed by atoms with Crippen molar-refractivity contribution < 1.29 is 28.2 Å². The molecule has 0 spiro atoms. The molecule has 1 aromatic heterocycles. The van der Waals surface area contributed by atoms with Crippen molar-refractivity contribution >= 4 is 39.8 Å². The van der Waals surface area contributed by atoms with Crippen LogP contribution in [0.2, 0.25) is 0 Å². The van der Waals surface area contributed by atoms with Crippen molar-refractivity contribution in [1.82, 2.24) is 0 Å². The standard InChI is InChI=1S/C19H18O6/c1-6-12-16-15-14(25-12)8-7-13(22-5)17(15)19(24-11(4)21)9(2)18(16)23-10(3)20/h6-8H,1-5H3/b12-6+. The van der Waals surface area contributed by atoms with Crippen LogP contribution in [0.1, 0.15) is 26.3 Å². The molecule has 0 radical (unpaired) electrons. The van der Waals surface area contributed by atoms with Gasteiger partial charge in [-0.3, -0.25) is 9.59 Å². The zero-order valence-electron chi connectivity index (χ0n) is 14.7. The van der Waals surface area contributed by atoms with E-state index < -0.39 is 11.9 Å². The number of carbonyl (C=O) groups is 2. The van der Waals surface area contributed by atoms with E-state index in [1.165, 1.54) is 21.0 Å². The maximum absolute atomic E-state index is 11.6. The molecule has 25 heavy (non-hydrogen) atoms. The smallest absolute Gasteiger partial charge is 0.308 e. The van der Waals surface area contributed by atoms with Crippen LogP contribution in [0.4, 0.5) is 0 Å². The monoisotopic (exact) mass is 342 g/mol. The summed E-state index contributed by atoms with van der Waals surface area (Å²) in [6.45, 7) is 6.19. The van der Waals surface area contributed by atoms with E-state index in [2.05, 4.69) is 0 Å². The van der Waals surface area contributed by atoms with E-state index in [-0.39, 0.29) is 0 Å². The van der Waals surface area contributed by atoms with E-state index in [1.54, 1.807) is 25.1 Å². The van der Waals surface area contributed by atoms with E-state index in [0.29, 0.717) is 50.0 Å². The van der Waals surface area contributed by atoms with Gasteiger partial charge in [-0.25, -0.2) is 0 Å². The molecule has 6 heteroatoms. The SMILES string of the molecule is C/C=c1/oc2ccc(OC)c3c(OC(C)=O)c(C)c(OC(C)=O)c1c23. The van der Waals surface area contributed by atoms with Gasteiger partial charge >= 0.3 is 11.9 Å². The van der Waals surface area contributed by atoms with Crippen molar-refractivity contribution in [1.29, 1.82) is 0 Å². The average molecular weight is 342 g/mol. The molecule has 0 aliphatic rings. The maximum Gasteiger partial charge on any atom is 0.308 e. The molecule has 0 amide bonds. The van der Waals surface area contributed by atoms with Crippen LogP contribution in [-0.2, 0) is 9.59 Å². The van der Waals surface area contributed by atoms with Crippen LogP contribution >= 0.6 is 0 Å². The summed E-state index contributed by atoms with van der Waals surface area (Å²) < 4.78 is 22.2. The highest BCUT2D eigenvalue weighted by Gasteiger charge is 2.26. The van der Waals surface area contributed by atoms with Crippen LogP contribution in [0.25, 0.3) is 27.8 Å². The fourth-order valence-electron chi connectivity index (χ4n) is 3.04. The van der Waals surface area contributed by atoms with Gasteiger partial charge in [-0.2, -0.15) is 0 Å². The van der Waals surface area contributed by atoms with Gasteiger partial charge in [-0.15, -0.1) is 0 Å². The van der Waals surface area contributed by atoms with Gasteiger partial charge in [0, 0.05) is 24.8 Å². The molecule has 130 valence electrons. The summed E-state index contributed by atoms with van der Waals surface area (Å²) in [5.41, 5.74) is 1.68. The molecule has 0 atom stereocenters. The summed E-state index contributed by atoms with van der Waals surface area (Å²) in [7, 11) is 1.54. The van der Waals surface area contributed by atoms with Crippen LogP contribution in [-0.4, -0.2) is 19.0 Å². The highest BCUT2D eigenvalue weighted by atomic mass is 16.5. The number of esters is 2. The lowest BCUT2D eigenvalue weighted by Crippen LogP contribution is -2.10. The highest BCUT2D eigenvalue weighted by Crippen LogP contribution is 2.46. The topological polar surface area (TPSA) is 75.0 Å². The minimum atomic E-state index is -0.482. The van der Waals surface area contributed by atoms with Crippen molar-refractivity contribution in [2.75, 3.05) is 7.11 Å². The number of furan rings is 1. The summed E-state index contributed by atoms with van der Waals surface area (Å²) in [6, 6.07) is 3.52. The lowest BCUT2D eigenvalue weighted by Gasteiger charge is -2.16. The number of methoxy groups -OCH3 is 1. The molecule has 0 aliphatic carbocycles. The summed E-state index contributed by atoms with van der Waals surface area (Å²) in [5.74, 6) is 0.192. The lowest BCUT2D eigenvalue weighted by atomic mass is 10.00. The highest BCUT2D eigenvalue weighted by molar-refractivity contribution is 6.17. The van der Waals surface area contributed by atoms with Gasteiger partial charge in [0.1, 0.15) is 28.2 Å². The first-order chi connectivity index (χ1) is 11.9. The van der Waals surface area contributed by atoms with E-state index in [4.69, 9.17) is 18.6 Å². The van der Waals surface area contributed by atoms with E-state index in [0.717, 1.165) is 0 Å². The molecular weight excluding hydrogens is 324 g/mol. The molecule has 0 saturated heterocycles. The molecule has 0 unspecified atom stereocenters. The van der Waals surface area contributed by atoms with Gasteiger partial charge < -0.3 is 18.6 Å². The van der Waals surface area contributed by atoms with E-state index in [9.17, 15) is 9.59 Å². The van der Waals surface area contributed by atoms with Gasteiger partial charge in [0.2, 0.25) is 0 Å². The van der Waals surface area contributed by atoms with Gasteiger partial charge in [0.25, 0.3) is 0 Å². The Morgan fingerprint density at radius 1 is 1.00 bits per heavy atom. The second-order valence-corrected chi connectivity index (χ2v) is 5.62. The average Bonchev–Trinajstić information content (AvgIpc) is 2.93. The Labute approximate surface area is 143 Å². The van der Waals surface area contributed by atoms with E-state index >= 15 is 0 Å². The second kappa shape index (κ2) is 6.12. The zero-order chi connectivity index (χ0) is 18.3. The fraction of sp³-hybridized carbons (Fsp3) is 0.263. The van der Waals surface area contributed by atoms with Crippen molar-refractivity contribution in [2.45, 2.75) is 27.7 Å². The third-order valence-corrected chi connectivity index (χ3v) is 3.95. The molecule has 0 bridgehead atoms. The Balaban J connectivity index is 2.61. The molecular formula is C19H18O6. The number of hydrogen-bond acceptors (Lipinski definition) is 6. The second-order valence-electron chi connectivity index (χ2n) is 5.62. The molecule has 0 aliphatic heterocycles. The van der Waals surface area contributed by atoms with Crippen molar-refractivity contribution in [3.05, 3.63) is 23.1 Å². The van der Waals surface area contributed by atoms with Crippen LogP contribution in [0, 0.1) is 6.92 Å². The first-order valence-electron chi connectivity index (χ1n) is 7.77. The predicted octanol–water partition coefficient (Wildman–Crippen LogP) is 3.27. The molecule has 3 aromatic rings. The third-order valence-electron chi connectivity index (χ3n) is 3.95. The largest absolute Gasteiger partial charge is 0.496 e. The molecule has 1 heterocycles. The number of carbonyl (C=O) groups excluding carboxylic acids is 2.